The highest BCUT2D eigenvalue weighted by Gasteiger charge is 2.24. The van der Waals surface area contributed by atoms with Crippen molar-refractivity contribution in [2.24, 2.45) is 5.73 Å². The second-order valence-corrected chi connectivity index (χ2v) is 0.708. The zero-order valence-corrected chi connectivity index (χ0v) is 2.79. The molecule has 1 nitrogen and oxygen atoms in total. The Morgan fingerprint density at radius 1 is 1.33 bits per heavy atom. The van der Waals surface area contributed by atoms with Gasteiger partial charge in [0.05, 0.1) is 0 Å². The summed E-state index contributed by atoms with van der Waals surface area (Å²) in [5, 5.41) is 0. The van der Waals surface area contributed by atoms with E-state index in [4.69, 9.17) is 0 Å². The summed E-state index contributed by atoms with van der Waals surface area (Å²) >= 11 is 0. The molecule has 0 aliphatic carbocycles. The number of halogens is 3. The van der Waals surface area contributed by atoms with Gasteiger partial charge in [0.25, 0.3) is 0 Å². The molecule has 0 aromatic rings. The number of hydrogen-bond acceptors (Lipinski definition) is 1. The Hall–Kier alpha value is -0.250. The summed E-state index contributed by atoms with van der Waals surface area (Å²) in [6.45, 7) is -0.312. The Balaban J connectivity index is 3.17. The van der Waals surface area contributed by atoms with Gasteiger partial charge in [0, 0.05) is 0 Å². The normalized spacial score (nSPS) is 12.0. The molecule has 6 heavy (non-hydrogen) atoms. The number of alkyl halides is 3. The van der Waals surface area contributed by atoms with Crippen LogP contribution in [0.4, 0.5) is 13.2 Å². The van der Waals surface area contributed by atoms with Crippen LogP contribution in [-0.4, -0.2) is 6.18 Å². The minimum Gasteiger partial charge on any atom is -0.319 e. The Bertz CT molecular complexity index is 38.5. The monoisotopic (exact) mass is 98.0 g/mol. The number of hydrogen-bond donors (Lipinski definition) is 1. The lowest BCUT2D eigenvalue weighted by atomic mass is 10.7. The molecule has 0 aliphatic rings. The summed E-state index contributed by atoms with van der Waals surface area (Å²) < 4.78 is 31.8. The van der Waals surface area contributed by atoms with Crippen LogP contribution in [0.15, 0.2) is 0 Å². The van der Waals surface area contributed by atoms with Crippen LogP contribution in [0.2, 0.25) is 0 Å². The molecule has 4 heteroatoms. The van der Waals surface area contributed by atoms with Crippen LogP contribution in [0.25, 0.3) is 0 Å². The number of nitrogens with two attached hydrogens (primary N) is 1. The predicted octanol–water partition coefficient (Wildman–Crippen LogP) is 0.669. The Morgan fingerprint density at radius 2 is 1.50 bits per heavy atom. The van der Waals surface area contributed by atoms with E-state index in [1.165, 1.54) is 0 Å². The van der Waals surface area contributed by atoms with Gasteiger partial charge in [-0.2, -0.15) is 13.2 Å². The van der Waals surface area contributed by atoms with Crippen LogP contribution in [0.5, 0.6) is 0 Å². The van der Waals surface area contributed by atoms with Crippen LogP contribution in [0.1, 0.15) is 0 Å². The summed E-state index contributed by atoms with van der Waals surface area (Å²) in [6.07, 6.45) is -4.31. The summed E-state index contributed by atoms with van der Waals surface area (Å²) in [7, 11) is 0. The average Bonchev–Trinajstić information content (AvgIpc) is 1.35. The van der Waals surface area contributed by atoms with Gasteiger partial charge in [-0.1, -0.05) is 0 Å². The molecular weight excluding hydrogens is 95.0 g/mol. The lowest BCUT2D eigenvalue weighted by molar-refractivity contribution is -0.0967. The molecule has 0 amide bonds. The van der Waals surface area contributed by atoms with Gasteiger partial charge in [0.1, 0.15) is 6.54 Å². The second-order valence-electron chi connectivity index (χ2n) is 0.708. The van der Waals surface area contributed by atoms with Gasteiger partial charge in [-0.05, 0) is 0 Å². The zero-order chi connectivity index (χ0) is 5.21. The minimum absolute atomic E-state index is 0.312. The van der Waals surface area contributed by atoms with Crippen molar-refractivity contribution < 1.29 is 13.2 Å². The first-order chi connectivity index (χ1) is 2.56. The van der Waals surface area contributed by atoms with Crippen molar-refractivity contribution in [3.8, 4) is 0 Å². The van der Waals surface area contributed by atoms with Crippen LogP contribution < -0.4 is 5.73 Å². The summed E-state index contributed by atoms with van der Waals surface area (Å²) in [5.74, 6) is 0. The summed E-state index contributed by atoms with van der Waals surface area (Å²) in [5.41, 5.74) is 4.06. The highest BCUT2D eigenvalue weighted by molar-refractivity contribution is 4.63. The van der Waals surface area contributed by atoms with Crippen molar-refractivity contribution in [3.63, 3.8) is 0 Å². The van der Waals surface area contributed by atoms with E-state index in [0.717, 1.165) is 0 Å². The molecule has 0 bridgehead atoms. The van der Waals surface area contributed by atoms with Crippen molar-refractivity contribution in [2.75, 3.05) is 0 Å². The molecule has 0 heterocycles. The fourth-order valence-electron chi connectivity index (χ4n) is 0. The van der Waals surface area contributed by atoms with E-state index in [-0.39, 0.29) is 6.54 Å². The molecule has 37 valence electrons. The fraction of sp³-hybridized carbons (Fsp3) is 0.500. The largest absolute Gasteiger partial charge is 0.405 e. The zero-order valence-electron chi connectivity index (χ0n) is 2.79. The molecule has 0 saturated heterocycles. The smallest absolute Gasteiger partial charge is 0.319 e. The van der Waals surface area contributed by atoms with Crippen molar-refractivity contribution in [1.82, 2.24) is 0 Å². The molecule has 0 rings (SSSR count). The second kappa shape index (κ2) is 1.47. The maximum Gasteiger partial charge on any atom is 0.405 e. The van der Waals surface area contributed by atoms with E-state index in [2.05, 4.69) is 5.73 Å². The van der Waals surface area contributed by atoms with Crippen LogP contribution in [-0.2, 0) is 0 Å². The molecule has 0 aliphatic heterocycles. The first kappa shape index (κ1) is 5.75. The number of rotatable bonds is 0. The van der Waals surface area contributed by atoms with E-state index in [1.54, 1.807) is 0 Å². The molecule has 0 fully saturated rings. The van der Waals surface area contributed by atoms with Gasteiger partial charge in [0.2, 0.25) is 0 Å². The van der Waals surface area contributed by atoms with E-state index >= 15 is 0 Å². The van der Waals surface area contributed by atoms with Gasteiger partial charge >= 0.3 is 6.18 Å². The molecule has 2 N–H and O–H groups in total. The lowest BCUT2D eigenvalue weighted by Gasteiger charge is -1.95. The van der Waals surface area contributed by atoms with Gasteiger partial charge in [-0.25, -0.2) is 0 Å². The van der Waals surface area contributed by atoms with Gasteiger partial charge < -0.3 is 5.73 Å². The average molecular weight is 98.0 g/mol. The fourth-order valence-corrected chi connectivity index (χ4v) is 0. The molecule has 0 saturated carbocycles. The molecule has 1 radical (unpaired) electrons. The maximum atomic E-state index is 10.6. The minimum atomic E-state index is -4.31. The van der Waals surface area contributed by atoms with Crippen molar-refractivity contribution >= 4 is 0 Å². The van der Waals surface area contributed by atoms with Gasteiger partial charge in [-0.3, -0.25) is 0 Å². The lowest BCUT2D eigenvalue weighted by Crippen LogP contribution is -2.13. The summed E-state index contributed by atoms with van der Waals surface area (Å²) in [6, 6.07) is 0. The molecule has 0 unspecified atom stereocenters. The highest BCUT2D eigenvalue weighted by atomic mass is 19.4. The van der Waals surface area contributed by atoms with Crippen LogP contribution in [0, 0.1) is 6.54 Å². The molecule has 0 atom stereocenters. The van der Waals surface area contributed by atoms with E-state index in [0.29, 0.717) is 0 Å². The van der Waals surface area contributed by atoms with Crippen LogP contribution in [0.3, 0.4) is 0 Å². The third-order valence-electron chi connectivity index (χ3n) is 0.189. The van der Waals surface area contributed by atoms with Crippen LogP contribution >= 0.6 is 0 Å². The molecule has 0 aromatic carbocycles. The third-order valence-corrected chi connectivity index (χ3v) is 0.189. The third kappa shape index (κ3) is 3.75. The van der Waals surface area contributed by atoms with Gasteiger partial charge in [-0.15, -0.1) is 0 Å². The predicted molar refractivity (Wildman–Crippen MR) is 14.5 cm³/mol. The molecule has 0 spiro atoms. The topological polar surface area (TPSA) is 26.0 Å². The Labute approximate surface area is 32.9 Å². The molecule has 0 aromatic heterocycles. The van der Waals surface area contributed by atoms with Crippen molar-refractivity contribution in [3.05, 3.63) is 6.54 Å². The first-order valence-corrected chi connectivity index (χ1v) is 1.19. The van der Waals surface area contributed by atoms with Crippen molar-refractivity contribution in [1.29, 1.82) is 0 Å². The molecular formula is C2H3F3N. The first-order valence-electron chi connectivity index (χ1n) is 1.19. The van der Waals surface area contributed by atoms with Crippen molar-refractivity contribution in [2.45, 2.75) is 6.18 Å². The highest BCUT2D eigenvalue weighted by Crippen LogP contribution is 2.13. The van der Waals surface area contributed by atoms with E-state index in [1.807, 2.05) is 0 Å². The maximum absolute atomic E-state index is 10.6. The Morgan fingerprint density at radius 3 is 1.50 bits per heavy atom. The quantitative estimate of drug-likeness (QED) is 0.473. The SMILES string of the molecule is N[CH]C(F)(F)F. The van der Waals surface area contributed by atoms with E-state index < -0.39 is 6.18 Å². The Kier molecular flexibility index (Phi) is 1.40. The van der Waals surface area contributed by atoms with E-state index in [9.17, 15) is 13.2 Å². The summed E-state index contributed by atoms with van der Waals surface area (Å²) in [4.78, 5) is 0. The van der Waals surface area contributed by atoms with Gasteiger partial charge in [0.15, 0.2) is 0 Å². The standard InChI is InChI=1S/C2H3F3N/c3-2(4,5)1-6/h1H,6H2.